The minimum atomic E-state index is -1.04. The average Bonchev–Trinajstić information content (AvgIpc) is 3.14. The van der Waals surface area contributed by atoms with Gasteiger partial charge >= 0.3 is 5.97 Å². The van der Waals surface area contributed by atoms with Crippen molar-refractivity contribution >= 4 is 33.6 Å². The zero-order chi connectivity index (χ0) is 34.3. The van der Waals surface area contributed by atoms with E-state index in [9.17, 15) is 14.7 Å². The largest absolute Gasteiger partial charge is 0.480 e. The molecule has 6 rings (SSSR count). The number of aromatic nitrogens is 2. The van der Waals surface area contributed by atoms with Crippen LogP contribution in [0, 0.1) is 0 Å². The molecule has 1 amide bonds. The van der Waals surface area contributed by atoms with Crippen molar-refractivity contribution in [2.75, 3.05) is 6.54 Å². The molecule has 9 nitrogen and oxygen atoms in total. The second-order valence-corrected chi connectivity index (χ2v) is 11.6. The highest BCUT2D eigenvalue weighted by atomic mass is 16.4. The minimum absolute atomic E-state index is 0.328. The van der Waals surface area contributed by atoms with E-state index in [0.717, 1.165) is 27.9 Å². The molecule has 1 atom stereocenters. The topological polar surface area (TPSA) is 142 Å². The average molecular weight is 655 g/mol. The van der Waals surface area contributed by atoms with Crippen LogP contribution in [0.25, 0.3) is 21.7 Å². The van der Waals surface area contributed by atoms with Crippen LogP contribution in [0.3, 0.4) is 0 Å². The van der Waals surface area contributed by atoms with Crippen LogP contribution in [0.15, 0.2) is 128 Å². The smallest absolute Gasteiger partial charge is 0.326 e. The number of fused-ring (bicyclic) bond motifs is 2. The van der Waals surface area contributed by atoms with E-state index >= 15 is 0 Å². The Labute approximate surface area is 286 Å². The number of hydrogen-bond donors (Lipinski definition) is 5. The molecule has 2 aromatic heterocycles. The molecule has 0 fully saturated rings. The van der Waals surface area contributed by atoms with E-state index in [1.807, 2.05) is 84.9 Å². The number of carboxylic acid groups (broad SMARTS) is 1. The number of nitrogens with two attached hydrogens (primary N) is 1. The lowest BCUT2D eigenvalue weighted by Gasteiger charge is -2.15. The van der Waals surface area contributed by atoms with Gasteiger partial charge in [-0.15, -0.1) is 0 Å². The normalized spacial score (nSPS) is 11.4. The van der Waals surface area contributed by atoms with Crippen LogP contribution in [0.5, 0.6) is 0 Å². The lowest BCUT2D eigenvalue weighted by Crippen LogP contribution is -2.41. The Balaban J connectivity index is 0.000000325. The Bertz CT molecular complexity index is 1940. The van der Waals surface area contributed by atoms with Crippen LogP contribution in [-0.4, -0.2) is 39.5 Å². The van der Waals surface area contributed by atoms with Gasteiger partial charge in [-0.05, 0) is 77.7 Å². The third-order valence-corrected chi connectivity index (χ3v) is 8.09. The second-order valence-electron chi connectivity index (χ2n) is 11.6. The molecule has 0 aliphatic rings. The van der Waals surface area contributed by atoms with Gasteiger partial charge in [0.15, 0.2) is 0 Å². The van der Waals surface area contributed by atoms with E-state index in [-0.39, 0.29) is 0 Å². The van der Waals surface area contributed by atoms with Crippen molar-refractivity contribution in [1.82, 2.24) is 25.9 Å². The standard InChI is InChI=1S/C29H31N5O3.C11H11N/c35-28(23-12-10-21(11-13-23)18-31-19-24-7-3-4-17-32-24)34-27(29(36)37)9-5-16-30-20-25-15-14-22-6-1-2-8-26(22)33-25;12-8-10-6-3-5-9-4-1-2-7-11(9)10/h1-4,6-8,10-15,17,27,30-31H,5,9,16,18-20H2,(H,34,35)(H,36,37);1-7H,8,12H2/t27-;/m0./s1. The van der Waals surface area contributed by atoms with Gasteiger partial charge in [-0.3, -0.25) is 14.8 Å². The van der Waals surface area contributed by atoms with Crippen LogP contribution in [0.1, 0.15) is 45.7 Å². The van der Waals surface area contributed by atoms with Crippen LogP contribution in [-0.2, 0) is 31.0 Å². The number of benzene rings is 4. The number of para-hydroxylation sites is 1. The molecule has 0 unspecified atom stereocenters. The minimum Gasteiger partial charge on any atom is -0.480 e. The molecule has 4 aromatic carbocycles. The molecule has 49 heavy (non-hydrogen) atoms. The third-order valence-electron chi connectivity index (χ3n) is 8.09. The Morgan fingerprint density at radius 1 is 0.714 bits per heavy atom. The maximum Gasteiger partial charge on any atom is 0.326 e. The number of rotatable bonds is 14. The highest BCUT2D eigenvalue weighted by molar-refractivity contribution is 5.96. The third kappa shape index (κ3) is 10.5. The first-order valence-corrected chi connectivity index (χ1v) is 16.5. The number of pyridine rings is 2. The Morgan fingerprint density at radius 3 is 2.22 bits per heavy atom. The maximum absolute atomic E-state index is 12.6. The van der Waals surface area contributed by atoms with E-state index in [4.69, 9.17) is 5.73 Å². The number of nitrogens with zero attached hydrogens (tertiary/aromatic N) is 2. The first kappa shape index (κ1) is 34.8. The molecule has 0 bridgehead atoms. The predicted octanol–water partition coefficient (Wildman–Crippen LogP) is 5.97. The molecule has 0 spiro atoms. The molecule has 2 heterocycles. The summed E-state index contributed by atoms with van der Waals surface area (Å²) >= 11 is 0. The highest BCUT2D eigenvalue weighted by Gasteiger charge is 2.20. The summed E-state index contributed by atoms with van der Waals surface area (Å²) in [6.45, 7) is 3.11. The lowest BCUT2D eigenvalue weighted by atomic mass is 10.1. The number of carbonyl (C=O) groups excluding carboxylic acids is 1. The summed E-state index contributed by atoms with van der Waals surface area (Å²) < 4.78 is 0. The van der Waals surface area contributed by atoms with E-state index < -0.39 is 17.9 Å². The first-order chi connectivity index (χ1) is 24.0. The molecule has 0 saturated carbocycles. The summed E-state index contributed by atoms with van der Waals surface area (Å²) in [5.74, 6) is -1.44. The molecule has 6 aromatic rings. The van der Waals surface area contributed by atoms with Crippen molar-refractivity contribution in [2.45, 2.75) is 45.1 Å². The quantitative estimate of drug-likeness (QED) is 0.0905. The highest BCUT2D eigenvalue weighted by Crippen LogP contribution is 2.17. The summed E-state index contributed by atoms with van der Waals surface area (Å²) in [5, 5.41) is 22.5. The first-order valence-electron chi connectivity index (χ1n) is 16.5. The monoisotopic (exact) mass is 654 g/mol. The van der Waals surface area contributed by atoms with Gasteiger partial charge in [0, 0.05) is 43.3 Å². The molecule has 9 heteroatoms. The van der Waals surface area contributed by atoms with Gasteiger partial charge in [-0.25, -0.2) is 4.79 Å². The number of carboxylic acids is 1. The number of nitrogens with one attached hydrogen (secondary N) is 3. The predicted molar refractivity (Wildman–Crippen MR) is 195 cm³/mol. The summed E-state index contributed by atoms with van der Waals surface area (Å²) in [5.41, 5.74) is 11.1. The summed E-state index contributed by atoms with van der Waals surface area (Å²) in [4.78, 5) is 33.2. The fourth-order valence-electron chi connectivity index (χ4n) is 5.44. The number of amides is 1. The summed E-state index contributed by atoms with van der Waals surface area (Å²) in [6, 6.07) is 38.5. The second kappa shape index (κ2) is 18.2. The van der Waals surface area contributed by atoms with Gasteiger partial charge in [0.05, 0.1) is 16.9 Å². The van der Waals surface area contributed by atoms with E-state index in [2.05, 4.69) is 50.2 Å². The van der Waals surface area contributed by atoms with E-state index in [1.165, 1.54) is 16.3 Å². The van der Waals surface area contributed by atoms with Gasteiger partial charge in [-0.1, -0.05) is 84.9 Å². The molecule has 0 aliphatic heterocycles. The fraction of sp³-hybridized carbons (Fsp3) is 0.200. The molecule has 6 N–H and O–H groups in total. The van der Waals surface area contributed by atoms with E-state index in [1.54, 1.807) is 18.3 Å². The Hall–Kier alpha value is -5.48. The summed E-state index contributed by atoms with van der Waals surface area (Å²) in [6.07, 6.45) is 2.69. The Morgan fingerprint density at radius 2 is 1.45 bits per heavy atom. The SMILES string of the molecule is NCc1cccc2ccccc12.O=C(N[C@@H](CCCNCc1ccc2ccccc2n1)C(=O)O)c1ccc(CNCc2ccccn2)cc1. The van der Waals surface area contributed by atoms with E-state index in [0.29, 0.717) is 51.1 Å². The number of carbonyl (C=O) groups is 2. The van der Waals surface area contributed by atoms with Gasteiger partial charge in [0.25, 0.3) is 5.91 Å². The van der Waals surface area contributed by atoms with Crippen molar-refractivity contribution in [3.63, 3.8) is 0 Å². The van der Waals surface area contributed by atoms with Gasteiger partial charge in [-0.2, -0.15) is 0 Å². The molecule has 250 valence electrons. The lowest BCUT2D eigenvalue weighted by molar-refractivity contribution is -0.139. The number of hydrogen-bond acceptors (Lipinski definition) is 7. The van der Waals surface area contributed by atoms with Crippen molar-refractivity contribution < 1.29 is 14.7 Å². The van der Waals surface area contributed by atoms with Crippen molar-refractivity contribution in [3.8, 4) is 0 Å². The maximum atomic E-state index is 12.6. The molecular formula is C40H42N6O3. The van der Waals surface area contributed by atoms with Crippen LogP contribution in [0.2, 0.25) is 0 Å². The number of aliphatic carboxylic acids is 1. The molecule has 0 saturated heterocycles. The Kier molecular flexibility index (Phi) is 12.9. The van der Waals surface area contributed by atoms with Crippen LogP contribution < -0.4 is 21.7 Å². The van der Waals surface area contributed by atoms with Crippen LogP contribution in [0.4, 0.5) is 0 Å². The molecular weight excluding hydrogens is 612 g/mol. The fourth-order valence-corrected chi connectivity index (χ4v) is 5.44. The van der Waals surface area contributed by atoms with Gasteiger partial charge in [0.2, 0.25) is 0 Å². The van der Waals surface area contributed by atoms with Crippen molar-refractivity contribution in [2.24, 2.45) is 5.73 Å². The van der Waals surface area contributed by atoms with Gasteiger partial charge < -0.3 is 26.8 Å². The summed E-state index contributed by atoms with van der Waals surface area (Å²) in [7, 11) is 0. The zero-order valence-corrected chi connectivity index (χ0v) is 27.4. The zero-order valence-electron chi connectivity index (χ0n) is 27.4. The molecule has 0 aliphatic carbocycles. The van der Waals surface area contributed by atoms with Crippen LogP contribution >= 0.6 is 0 Å². The van der Waals surface area contributed by atoms with Gasteiger partial charge in [0.1, 0.15) is 6.04 Å². The van der Waals surface area contributed by atoms with Crippen molar-refractivity contribution in [3.05, 3.63) is 156 Å². The van der Waals surface area contributed by atoms with Crippen molar-refractivity contribution in [1.29, 1.82) is 0 Å². The molecule has 0 radical (unpaired) electrons.